The van der Waals surface area contributed by atoms with Crippen LogP contribution in [0.1, 0.15) is 40.1 Å². The van der Waals surface area contributed by atoms with Crippen molar-refractivity contribution in [2.24, 2.45) is 7.05 Å². The van der Waals surface area contributed by atoms with Crippen molar-refractivity contribution in [1.29, 1.82) is 0 Å². The number of aromatic nitrogens is 4. The largest absolute Gasteiger partial charge is 0.344 e. The van der Waals surface area contributed by atoms with Crippen LogP contribution < -0.4 is 10.9 Å². The number of nitrogens with one attached hydrogen (secondary N) is 1. The normalized spacial score (nSPS) is 11.7. The SMILES string of the molecule is C[C@H](NC(=O)c1cccc2cccnc12)c1cc2cccc(C#Cc3cnn(C)c3)c2c(=O)n1-c1ccccc1. The summed E-state index contributed by atoms with van der Waals surface area (Å²) in [4.78, 5) is 32.0. The lowest BCUT2D eigenvalue weighted by molar-refractivity contribution is 0.0940. The Balaban J connectivity index is 1.47. The van der Waals surface area contributed by atoms with Gasteiger partial charge in [-0.05, 0) is 48.7 Å². The monoisotopic (exact) mass is 523 g/mol. The van der Waals surface area contributed by atoms with Crippen LogP contribution in [0.2, 0.25) is 0 Å². The first-order valence-corrected chi connectivity index (χ1v) is 12.9. The zero-order chi connectivity index (χ0) is 27.6. The molecule has 7 heteroatoms. The fourth-order valence-electron chi connectivity index (χ4n) is 4.91. The lowest BCUT2D eigenvalue weighted by Crippen LogP contribution is -2.32. The molecule has 6 rings (SSSR count). The van der Waals surface area contributed by atoms with Gasteiger partial charge in [0, 0.05) is 41.8 Å². The molecule has 1 atom stereocenters. The van der Waals surface area contributed by atoms with E-state index in [9.17, 15) is 9.59 Å². The molecule has 1 amide bonds. The van der Waals surface area contributed by atoms with E-state index in [0.717, 1.165) is 16.3 Å². The Kier molecular flexibility index (Phi) is 6.43. The van der Waals surface area contributed by atoms with Crippen molar-refractivity contribution in [2.45, 2.75) is 13.0 Å². The van der Waals surface area contributed by atoms with E-state index in [2.05, 4.69) is 27.2 Å². The number of benzene rings is 3. The van der Waals surface area contributed by atoms with Gasteiger partial charge in [-0.15, -0.1) is 0 Å². The third kappa shape index (κ3) is 4.63. The van der Waals surface area contributed by atoms with Gasteiger partial charge in [-0.3, -0.25) is 23.8 Å². The molecule has 194 valence electrons. The number of hydrogen-bond acceptors (Lipinski definition) is 4. The number of fused-ring (bicyclic) bond motifs is 2. The minimum Gasteiger partial charge on any atom is -0.344 e. The summed E-state index contributed by atoms with van der Waals surface area (Å²) >= 11 is 0. The first kappa shape index (κ1) is 24.8. The van der Waals surface area contributed by atoms with E-state index in [4.69, 9.17) is 0 Å². The molecule has 0 saturated carbocycles. The van der Waals surface area contributed by atoms with Crippen molar-refractivity contribution < 1.29 is 4.79 Å². The molecule has 0 aliphatic carbocycles. The summed E-state index contributed by atoms with van der Waals surface area (Å²) in [7, 11) is 1.83. The molecule has 0 saturated heterocycles. The second-order valence-electron chi connectivity index (χ2n) is 9.54. The Morgan fingerprint density at radius 2 is 1.70 bits per heavy atom. The lowest BCUT2D eigenvalue weighted by atomic mass is 10.0. The summed E-state index contributed by atoms with van der Waals surface area (Å²) in [5, 5.41) is 9.41. The number of nitrogens with zero attached hydrogens (tertiary/aromatic N) is 4. The quantitative estimate of drug-likeness (QED) is 0.324. The number of carbonyl (C=O) groups excluding carboxylic acids is 1. The first-order chi connectivity index (χ1) is 19.5. The number of para-hydroxylation sites is 2. The third-order valence-corrected chi connectivity index (χ3v) is 6.80. The summed E-state index contributed by atoms with van der Waals surface area (Å²) in [5.74, 6) is 6.01. The van der Waals surface area contributed by atoms with Crippen LogP contribution >= 0.6 is 0 Å². The highest BCUT2D eigenvalue weighted by molar-refractivity contribution is 6.05. The molecule has 7 nitrogen and oxygen atoms in total. The Morgan fingerprint density at radius 1 is 0.925 bits per heavy atom. The summed E-state index contributed by atoms with van der Waals surface area (Å²) in [6, 6.07) is 25.8. The highest BCUT2D eigenvalue weighted by Gasteiger charge is 2.21. The first-order valence-electron chi connectivity index (χ1n) is 12.9. The van der Waals surface area contributed by atoms with Gasteiger partial charge < -0.3 is 5.32 Å². The highest BCUT2D eigenvalue weighted by atomic mass is 16.2. The molecule has 0 spiro atoms. The second-order valence-corrected chi connectivity index (χ2v) is 9.54. The van der Waals surface area contributed by atoms with Crippen LogP contribution in [0.25, 0.3) is 27.4 Å². The van der Waals surface area contributed by atoms with Crippen LogP contribution in [-0.2, 0) is 7.05 Å². The zero-order valence-corrected chi connectivity index (χ0v) is 22.0. The van der Waals surface area contributed by atoms with Crippen LogP contribution in [0, 0.1) is 11.8 Å². The van der Waals surface area contributed by atoms with Gasteiger partial charge in [0.1, 0.15) is 0 Å². The summed E-state index contributed by atoms with van der Waals surface area (Å²) < 4.78 is 3.34. The minimum atomic E-state index is -0.492. The van der Waals surface area contributed by atoms with Gasteiger partial charge in [-0.2, -0.15) is 5.10 Å². The van der Waals surface area contributed by atoms with Gasteiger partial charge in [0.05, 0.1) is 34.3 Å². The average molecular weight is 524 g/mol. The Labute approximate surface area is 230 Å². The summed E-state index contributed by atoms with van der Waals surface area (Å²) in [6.45, 7) is 1.88. The van der Waals surface area contributed by atoms with E-state index in [0.29, 0.717) is 33.4 Å². The molecule has 3 aromatic carbocycles. The number of amides is 1. The van der Waals surface area contributed by atoms with Crippen LogP contribution in [0.4, 0.5) is 0 Å². The summed E-state index contributed by atoms with van der Waals surface area (Å²) in [6.07, 6.45) is 5.19. The standard InChI is InChI=1S/C33H25N5O2/c1-22(36-32(39)28-15-7-10-25-12-8-18-34-31(25)28)29-19-26-11-6-9-24(17-16-23-20-35-37(2)21-23)30(26)33(40)38(29)27-13-4-3-5-14-27/h3-15,18-22H,1-2H3,(H,36,39)/t22-/m0/s1. The highest BCUT2D eigenvalue weighted by Crippen LogP contribution is 2.24. The van der Waals surface area contributed by atoms with Crippen molar-refractivity contribution >= 4 is 27.6 Å². The predicted octanol–water partition coefficient (Wildman–Crippen LogP) is 5.16. The molecule has 1 N–H and O–H groups in total. The average Bonchev–Trinajstić information content (AvgIpc) is 3.40. The van der Waals surface area contributed by atoms with Crippen LogP contribution in [-0.4, -0.2) is 25.2 Å². The molecule has 0 bridgehead atoms. The minimum absolute atomic E-state index is 0.206. The maximum atomic E-state index is 14.2. The van der Waals surface area contributed by atoms with E-state index >= 15 is 0 Å². The Bertz CT molecular complexity index is 2010. The maximum absolute atomic E-state index is 14.2. The van der Waals surface area contributed by atoms with E-state index in [1.807, 2.05) is 99.0 Å². The number of hydrogen-bond donors (Lipinski definition) is 1. The molecule has 0 aliphatic heterocycles. The number of carbonyl (C=O) groups is 1. The number of aryl methyl sites for hydroxylation is 1. The molecule has 6 aromatic rings. The van der Waals surface area contributed by atoms with Crippen LogP contribution in [0.15, 0.2) is 108 Å². The number of pyridine rings is 2. The molecular weight excluding hydrogens is 498 g/mol. The lowest BCUT2D eigenvalue weighted by Gasteiger charge is -2.21. The fourth-order valence-corrected chi connectivity index (χ4v) is 4.91. The van der Waals surface area contributed by atoms with Gasteiger partial charge in [0.25, 0.3) is 11.5 Å². The van der Waals surface area contributed by atoms with E-state index in [-0.39, 0.29) is 11.5 Å². The summed E-state index contributed by atoms with van der Waals surface area (Å²) in [5.41, 5.74) is 3.65. The molecule has 40 heavy (non-hydrogen) atoms. The predicted molar refractivity (Wildman–Crippen MR) is 156 cm³/mol. The fraction of sp³-hybridized carbons (Fsp3) is 0.0909. The molecule has 0 unspecified atom stereocenters. The smallest absolute Gasteiger partial charge is 0.264 e. The molecule has 3 aromatic heterocycles. The second kappa shape index (κ2) is 10.4. The van der Waals surface area contributed by atoms with Crippen LogP contribution in [0.5, 0.6) is 0 Å². The topological polar surface area (TPSA) is 81.8 Å². The van der Waals surface area contributed by atoms with Crippen LogP contribution in [0.3, 0.4) is 0 Å². The Hall–Kier alpha value is -5.48. The molecule has 0 fully saturated rings. The van der Waals surface area contributed by atoms with E-state index in [1.165, 1.54) is 0 Å². The van der Waals surface area contributed by atoms with Gasteiger partial charge in [-0.25, -0.2) is 0 Å². The van der Waals surface area contributed by atoms with Crippen molar-refractivity contribution in [2.75, 3.05) is 0 Å². The third-order valence-electron chi connectivity index (χ3n) is 6.80. The molecule has 3 heterocycles. The molecule has 0 aliphatic rings. The van der Waals surface area contributed by atoms with Crippen molar-refractivity contribution in [1.82, 2.24) is 24.6 Å². The van der Waals surface area contributed by atoms with Gasteiger partial charge in [0.15, 0.2) is 0 Å². The van der Waals surface area contributed by atoms with E-state index in [1.54, 1.807) is 27.7 Å². The van der Waals surface area contributed by atoms with Gasteiger partial charge >= 0.3 is 0 Å². The molecular formula is C33H25N5O2. The van der Waals surface area contributed by atoms with Gasteiger partial charge in [0.2, 0.25) is 0 Å². The van der Waals surface area contributed by atoms with Crippen molar-refractivity contribution in [3.63, 3.8) is 0 Å². The van der Waals surface area contributed by atoms with Crippen molar-refractivity contribution in [3.8, 4) is 17.5 Å². The molecule has 0 radical (unpaired) electrons. The van der Waals surface area contributed by atoms with Gasteiger partial charge in [-0.1, -0.05) is 60.4 Å². The van der Waals surface area contributed by atoms with Crippen molar-refractivity contribution in [3.05, 3.63) is 136 Å². The number of rotatable bonds is 4. The zero-order valence-electron chi connectivity index (χ0n) is 22.0. The maximum Gasteiger partial charge on any atom is 0.264 e. The Morgan fingerprint density at radius 3 is 2.50 bits per heavy atom. The van der Waals surface area contributed by atoms with E-state index < -0.39 is 6.04 Å².